The largest absolute Gasteiger partial charge is 0.425 e. The third-order valence-electron chi connectivity index (χ3n) is 0.594. The molecule has 0 heterocycles. The van der Waals surface area contributed by atoms with Crippen molar-refractivity contribution in [2.24, 2.45) is 0 Å². The van der Waals surface area contributed by atoms with Crippen LogP contribution in [0.4, 0.5) is 4.79 Å². The summed E-state index contributed by atoms with van der Waals surface area (Å²) in [6.45, 7) is 1.59. The normalized spacial score (nSPS) is 12.8. The third-order valence-corrected chi connectivity index (χ3v) is 0.690. The molecule has 0 fully saturated rings. The lowest BCUT2D eigenvalue weighted by Crippen LogP contribution is -2.11. The highest BCUT2D eigenvalue weighted by molar-refractivity contribution is 7.96. The molecule has 0 aromatic carbocycles. The van der Waals surface area contributed by atoms with E-state index in [0.717, 1.165) is 0 Å². The molecule has 1 radical (unpaired) electrons. The minimum absolute atomic E-state index is 0.528. The highest BCUT2D eigenvalue weighted by Crippen LogP contribution is 1.94. The van der Waals surface area contributed by atoms with E-state index < -0.39 is 11.6 Å². The molecule has 1 unspecified atom stereocenters. The summed E-state index contributed by atoms with van der Waals surface area (Å²) >= 11 is 4.08. The topological polar surface area (TPSA) is 35.5 Å². The molecule has 1 atom stereocenters. The Morgan fingerprint density at radius 2 is 2.25 bits per heavy atom. The van der Waals surface area contributed by atoms with Crippen molar-refractivity contribution in [3.8, 4) is 0 Å². The van der Waals surface area contributed by atoms with Crippen LogP contribution in [0.3, 0.4) is 0 Å². The van der Waals surface area contributed by atoms with E-state index in [9.17, 15) is 4.79 Å². The van der Waals surface area contributed by atoms with E-state index in [-0.39, 0.29) is 0 Å². The Bertz CT molecular complexity index is 83.4. The molecule has 47 valence electrons. The Morgan fingerprint density at radius 1 is 1.75 bits per heavy atom. The van der Waals surface area contributed by atoms with Crippen LogP contribution in [0.15, 0.2) is 0 Å². The number of rotatable bonds is 2. The zero-order valence-corrected chi connectivity index (χ0v) is 5.53. The van der Waals surface area contributed by atoms with Crippen LogP contribution in [0.5, 0.6) is 0 Å². The van der Waals surface area contributed by atoms with Crippen LogP contribution in [0.2, 0.25) is 0 Å². The van der Waals surface area contributed by atoms with Gasteiger partial charge in [-0.2, -0.15) is 0 Å². The van der Waals surface area contributed by atoms with Gasteiger partial charge >= 0.3 is 5.30 Å². The van der Waals surface area contributed by atoms with Gasteiger partial charge in [-0.25, -0.2) is 4.79 Å². The van der Waals surface area contributed by atoms with Gasteiger partial charge in [0.05, 0.1) is 0 Å². The molecule has 0 aliphatic heterocycles. The first-order valence-electron chi connectivity index (χ1n) is 2.07. The van der Waals surface area contributed by atoms with Crippen LogP contribution in [-0.2, 0) is 9.47 Å². The number of carbonyl (C=O) groups is 1. The monoisotopic (exact) mass is 135 g/mol. The van der Waals surface area contributed by atoms with Gasteiger partial charge in [0, 0.05) is 19.7 Å². The van der Waals surface area contributed by atoms with Gasteiger partial charge in [0.1, 0.15) is 0 Å². The zero-order chi connectivity index (χ0) is 6.57. The van der Waals surface area contributed by atoms with E-state index in [4.69, 9.17) is 0 Å². The van der Waals surface area contributed by atoms with Crippen LogP contribution in [0.1, 0.15) is 6.92 Å². The van der Waals surface area contributed by atoms with Gasteiger partial charge in [0.25, 0.3) is 0 Å². The second kappa shape index (κ2) is 3.63. The molecular weight excluding hydrogens is 128 g/mol. The molecule has 0 N–H and O–H groups in total. The maximum atomic E-state index is 9.93. The molecule has 0 aromatic rings. The van der Waals surface area contributed by atoms with Crippen LogP contribution >= 0.6 is 12.6 Å². The van der Waals surface area contributed by atoms with Crippen molar-refractivity contribution in [2.45, 2.75) is 13.2 Å². The van der Waals surface area contributed by atoms with Crippen LogP contribution < -0.4 is 0 Å². The Morgan fingerprint density at radius 3 is 2.38 bits per heavy atom. The van der Waals surface area contributed by atoms with E-state index >= 15 is 0 Å². The Kier molecular flexibility index (Phi) is 3.47. The predicted octanol–water partition coefficient (Wildman–Crippen LogP) is 1.31. The molecule has 0 saturated carbocycles. The Labute approximate surface area is 53.4 Å². The maximum Gasteiger partial charge on any atom is 0.402 e. The highest BCUT2D eigenvalue weighted by atomic mass is 32.1. The van der Waals surface area contributed by atoms with E-state index in [1.165, 1.54) is 7.11 Å². The molecule has 0 spiro atoms. The van der Waals surface area contributed by atoms with Crippen LogP contribution in [0, 0.1) is 0 Å². The van der Waals surface area contributed by atoms with E-state index in [0.29, 0.717) is 0 Å². The molecule has 0 rings (SSSR count). The summed E-state index contributed by atoms with van der Waals surface area (Å²) in [6.07, 6.45) is -0.528. The van der Waals surface area contributed by atoms with E-state index in [1.807, 2.05) is 0 Å². The van der Waals surface area contributed by atoms with Gasteiger partial charge < -0.3 is 9.47 Å². The maximum absolute atomic E-state index is 9.93. The average Bonchev–Trinajstić information content (AvgIpc) is 1.65. The fourth-order valence-corrected chi connectivity index (χ4v) is 0.319. The van der Waals surface area contributed by atoms with Crippen LogP contribution in [0.25, 0.3) is 0 Å². The molecule has 0 aliphatic rings. The van der Waals surface area contributed by atoms with Crippen molar-refractivity contribution in [2.75, 3.05) is 7.11 Å². The summed E-state index contributed by atoms with van der Waals surface area (Å²) in [5.41, 5.74) is 0. The zero-order valence-electron chi connectivity index (χ0n) is 4.71. The second-order valence-electron chi connectivity index (χ2n) is 1.17. The van der Waals surface area contributed by atoms with Crippen molar-refractivity contribution >= 4 is 17.9 Å². The molecule has 0 saturated heterocycles. The average molecular weight is 135 g/mol. The second-order valence-corrected chi connectivity index (χ2v) is 1.50. The van der Waals surface area contributed by atoms with E-state index in [1.54, 1.807) is 6.92 Å². The molecular formula is C4H7O3S. The lowest BCUT2D eigenvalue weighted by molar-refractivity contribution is -0.0583. The summed E-state index contributed by atoms with van der Waals surface area (Å²) in [5, 5.41) is -0.737. The first kappa shape index (κ1) is 7.65. The van der Waals surface area contributed by atoms with Crippen LogP contribution in [-0.4, -0.2) is 18.7 Å². The van der Waals surface area contributed by atoms with Crippen molar-refractivity contribution in [3.05, 3.63) is 0 Å². The van der Waals surface area contributed by atoms with Gasteiger partial charge in [0.15, 0.2) is 0 Å². The summed E-state index contributed by atoms with van der Waals surface area (Å²) in [7, 11) is 1.43. The van der Waals surface area contributed by atoms with Gasteiger partial charge in [-0.1, -0.05) is 0 Å². The highest BCUT2D eigenvalue weighted by Gasteiger charge is 2.01. The summed E-state index contributed by atoms with van der Waals surface area (Å²) in [5.74, 6) is 0. The number of hydrogen-bond donors (Lipinski definition) is 0. The standard InChI is InChI=1S/C4H7O3S/c1-3(6-2)7-4(5)8/h3H,1-2H3. The van der Waals surface area contributed by atoms with Crippen molar-refractivity contribution in [3.63, 3.8) is 0 Å². The fraction of sp³-hybridized carbons (Fsp3) is 0.750. The summed E-state index contributed by atoms with van der Waals surface area (Å²) < 4.78 is 8.90. The number of carbonyl (C=O) groups excluding carboxylic acids is 1. The Balaban J connectivity index is 3.24. The number of hydrogen-bond acceptors (Lipinski definition) is 3. The first-order chi connectivity index (χ1) is 3.66. The molecule has 0 bridgehead atoms. The van der Waals surface area contributed by atoms with Gasteiger partial charge in [-0.05, 0) is 6.92 Å². The molecule has 0 aromatic heterocycles. The minimum atomic E-state index is -0.737. The molecule has 3 nitrogen and oxygen atoms in total. The molecule has 0 amide bonds. The number of methoxy groups -OCH3 is 1. The van der Waals surface area contributed by atoms with Crippen molar-refractivity contribution < 1.29 is 14.3 Å². The third kappa shape index (κ3) is 3.83. The lowest BCUT2D eigenvalue weighted by atomic mass is 10.8. The van der Waals surface area contributed by atoms with Gasteiger partial charge in [0.2, 0.25) is 6.29 Å². The summed E-state index contributed by atoms with van der Waals surface area (Å²) in [4.78, 5) is 9.93. The fourth-order valence-electron chi connectivity index (χ4n) is 0.184. The summed E-state index contributed by atoms with van der Waals surface area (Å²) in [6, 6.07) is 0. The van der Waals surface area contributed by atoms with Gasteiger partial charge in [-0.3, -0.25) is 0 Å². The Hall–Kier alpha value is -0.350. The van der Waals surface area contributed by atoms with Gasteiger partial charge in [-0.15, -0.1) is 0 Å². The molecule has 0 aliphatic carbocycles. The SMILES string of the molecule is COC(C)OC(=O)[S]. The van der Waals surface area contributed by atoms with Crippen molar-refractivity contribution in [1.82, 2.24) is 0 Å². The quantitative estimate of drug-likeness (QED) is 0.423. The predicted molar refractivity (Wildman–Crippen MR) is 30.5 cm³/mol. The lowest BCUT2D eigenvalue weighted by Gasteiger charge is -2.05. The minimum Gasteiger partial charge on any atom is -0.425 e. The van der Waals surface area contributed by atoms with E-state index in [2.05, 4.69) is 22.1 Å². The van der Waals surface area contributed by atoms with Crippen molar-refractivity contribution in [1.29, 1.82) is 0 Å². The molecule has 8 heavy (non-hydrogen) atoms. The smallest absolute Gasteiger partial charge is 0.402 e. The first-order valence-corrected chi connectivity index (χ1v) is 2.48. The molecule has 4 heteroatoms. The number of ether oxygens (including phenoxy) is 2.